The number of para-hydroxylation sites is 1. The van der Waals surface area contributed by atoms with Crippen LogP contribution in [0.25, 0.3) is 0 Å². The smallest absolute Gasteiger partial charge is 0.429 e. The molecule has 2 aromatic rings. The van der Waals surface area contributed by atoms with Gasteiger partial charge in [-0.25, -0.2) is 13.2 Å². The molecule has 0 fully saturated rings. The number of anilines is 1. The molecule has 0 aliphatic heterocycles. The van der Waals surface area contributed by atoms with Crippen LogP contribution in [0.15, 0.2) is 59.5 Å². The molecule has 1 amide bonds. The molecule has 0 heterocycles. The predicted molar refractivity (Wildman–Crippen MR) is 93.5 cm³/mol. The van der Waals surface area contributed by atoms with Crippen LogP contribution in [0.3, 0.4) is 0 Å². The Labute approximate surface area is 142 Å². The highest BCUT2D eigenvalue weighted by molar-refractivity contribution is 7.93. The van der Waals surface area contributed by atoms with Gasteiger partial charge in [0.2, 0.25) is 0 Å². The van der Waals surface area contributed by atoms with Gasteiger partial charge in [0.1, 0.15) is 5.60 Å². The highest BCUT2D eigenvalue weighted by Crippen LogP contribution is 2.26. The van der Waals surface area contributed by atoms with E-state index in [9.17, 15) is 13.2 Å². The van der Waals surface area contributed by atoms with Crippen molar-refractivity contribution in [1.29, 1.82) is 0 Å². The van der Waals surface area contributed by atoms with Crippen LogP contribution in [-0.2, 0) is 14.8 Å². The van der Waals surface area contributed by atoms with E-state index < -0.39 is 21.7 Å². The molecule has 0 aromatic heterocycles. The highest BCUT2D eigenvalue weighted by atomic mass is 32.2. The van der Waals surface area contributed by atoms with Gasteiger partial charge in [0, 0.05) is 0 Å². The fourth-order valence-corrected chi connectivity index (χ4v) is 3.35. The van der Waals surface area contributed by atoms with Crippen molar-refractivity contribution in [2.24, 2.45) is 0 Å². The number of amides is 1. The molecule has 2 rings (SSSR count). The maximum Gasteiger partial charge on any atom is 0.429 e. The van der Waals surface area contributed by atoms with E-state index in [1.807, 2.05) is 6.92 Å². The maximum absolute atomic E-state index is 13.0. The zero-order valence-corrected chi connectivity index (χ0v) is 15.0. The molecule has 0 aliphatic rings. The average molecular weight is 347 g/mol. The summed E-state index contributed by atoms with van der Waals surface area (Å²) in [5.41, 5.74) is 0.345. The number of benzene rings is 2. The Balaban J connectivity index is 2.53. The number of hydrogen-bond donors (Lipinski definition) is 0. The Kier molecular flexibility index (Phi) is 4.99. The van der Waals surface area contributed by atoms with Crippen molar-refractivity contribution < 1.29 is 17.9 Å². The van der Waals surface area contributed by atoms with Gasteiger partial charge in [-0.1, -0.05) is 35.9 Å². The zero-order chi connectivity index (χ0) is 18.0. The third-order valence-electron chi connectivity index (χ3n) is 3.11. The Morgan fingerprint density at radius 1 is 0.958 bits per heavy atom. The van der Waals surface area contributed by atoms with Crippen molar-refractivity contribution in [3.8, 4) is 0 Å². The summed E-state index contributed by atoms with van der Waals surface area (Å²) in [6.45, 7) is 6.92. The lowest BCUT2D eigenvalue weighted by Gasteiger charge is -2.27. The molecule has 0 N–H and O–H groups in total. The van der Waals surface area contributed by atoms with Gasteiger partial charge in [-0.2, -0.15) is 4.31 Å². The van der Waals surface area contributed by atoms with Gasteiger partial charge in [-0.05, 0) is 52.0 Å². The first-order valence-corrected chi connectivity index (χ1v) is 8.95. The minimum atomic E-state index is -4.08. The molecule has 0 spiro atoms. The average Bonchev–Trinajstić information content (AvgIpc) is 2.46. The van der Waals surface area contributed by atoms with E-state index in [4.69, 9.17) is 4.74 Å². The van der Waals surface area contributed by atoms with E-state index in [-0.39, 0.29) is 10.6 Å². The van der Waals surface area contributed by atoms with Gasteiger partial charge in [-0.15, -0.1) is 0 Å². The Hall–Kier alpha value is -2.34. The van der Waals surface area contributed by atoms with Crippen LogP contribution in [0.5, 0.6) is 0 Å². The molecule has 6 heteroatoms. The van der Waals surface area contributed by atoms with E-state index in [0.717, 1.165) is 5.56 Å². The molecule has 0 saturated carbocycles. The number of ether oxygens (including phenoxy) is 1. The van der Waals surface area contributed by atoms with Crippen molar-refractivity contribution in [2.45, 2.75) is 38.2 Å². The first-order chi connectivity index (χ1) is 11.1. The number of carbonyl (C=O) groups excluding carboxylic acids is 1. The third-order valence-corrected chi connectivity index (χ3v) is 4.82. The van der Waals surface area contributed by atoms with Crippen LogP contribution in [0.2, 0.25) is 0 Å². The SMILES string of the molecule is Cc1ccc(S(=O)(=O)N(C(=O)OC(C)(C)C)c2ccccc2)cc1. The number of carbonyl (C=O) groups is 1. The third kappa shape index (κ3) is 4.14. The molecular formula is C18H21NO4S. The second-order valence-corrected chi connectivity index (χ2v) is 8.19. The zero-order valence-electron chi connectivity index (χ0n) is 14.2. The summed E-state index contributed by atoms with van der Waals surface area (Å²) < 4.78 is 32.0. The van der Waals surface area contributed by atoms with E-state index in [2.05, 4.69) is 0 Å². The molecule has 5 nitrogen and oxygen atoms in total. The Morgan fingerprint density at radius 3 is 2.00 bits per heavy atom. The second-order valence-electron chi connectivity index (χ2n) is 6.40. The quantitative estimate of drug-likeness (QED) is 0.837. The summed E-state index contributed by atoms with van der Waals surface area (Å²) in [5.74, 6) is 0. The van der Waals surface area contributed by atoms with Crippen molar-refractivity contribution >= 4 is 21.8 Å². The van der Waals surface area contributed by atoms with Gasteiger partial charge in [0.05, 0.1) is 10.6 Å². The summed E-state index contributed by atoms with van der Waals surface area (Å²) >= 11 is 0. The van der Waals surface area contributed by atoms with Crippen LogP contribution in [-0.4, -0.2) is 20.1 Å². The summed E-state index contributed by atoms with van der Waals surface area (Å²) in [4.78, 5) is 12.6. The Bertz CT molecular complexity index is 806. The number of hydrogen-bond acceptors (Lipinski definition) is 4. The van der Waals surface area contributed by atoms with E-state index in [1.165, 1.54) is 12.1 Å². The van der Waals surface area contributed by atoms with E-state index in [1.54, 1.807) is 63.2 Å². The largest absolute Gasteiger partial charge is 0.443 e. The van der Waals surface area contributed by atoms with Gasteiger partial charge < -0.3 is 4.74 Å². The molecule has 0 radical (unpaired) electrons. The topological polar surface area (TPSA) is 63.7 Å². The number of nitrogens with zero attached hydrogens (tertiary/aromatic N) is 1. The molecular weight excluding hydrogens is 326 g/mol. The Morgan fingerprint density at radius 2 is 1.50 bits per heavy atom. The number of rotatable bonds is 3. The van der Waals surface area contributed by atoms with Crippen LogP contribution >= 0.6 is 0 Å². The molecule has 0 saturated heterocycles. The number of aryl methyl sites for hydroxylation is 1. The van der Waals surface area contributed by atoms with Crippen molar-refractivity contribution in [3.05, 3.63) is 60.2 Å². The molecule has 24 heavy (non-hydrogen) atoms. The van der Waals surface area contributed by atoms with Crippen molar-refractivity contribution in [3.63, 3.8) is 0 Å². The lowest BCUT2D eigenvalue weighted by molar-refractivity contribution is 0.0609. The normalized spacial score (nSPS) is 11.8. The van der Waals surface area contributed by atoms with Crippen LogP contribution in [0.4, 0.5) is 10.5 Å². The summed E-state index contributed by atoms with van der Waals surface area (Å²) in [5, 5.41) is 0. The van der Waals surface area contributed by atoms with E-state index in [0.29, 0.717) is 4.31 Å². The lowest BCUT2D eigenvalue weighted by Crippen LogP contribution is -2.41. The molecule has 0 atom stereocenters. The lowest BCUT2D eigenvalue weighted by atomic mass is 10.2. The molecule has 0 unspecified atom stereocenters. The van der Waals surface area contributed by atoms with Gasteiger partial charge in [-0.3, -0.25) is 0 Å². The fourth-order valence-electron chi connectivity index (χ4n) is 2.02. The highest BCUT2D eigenvalue weighted by Gasteiger charge is 2.34. The summed E-state index contributed by atoms with van der Waals surface area (Å²) in [6.07, 6.45) is -0.936. The number of sulfonamides is 1. The fraction of sp³-hybridized carbons (Fsp3) is 0.278. The molecule has 0 aliphatic carbocycles. The minimum Gasteiger partial charge on any atom is -0.443 e. The van der Waals surface area contributed by atoms with Crippen LogP contribution in [0.1, 0.15) is 26.3 Å². The molecule has 128 valence electrons. The van der Waals surface area contributed by atoms with Crippen molar-refractivity contribution in [2.75, 3.05) is 4.31 Å². The van der Waals surface area contributed by atoms with Crippen LogP contribution in [0, 0.1) is 6.92 Å². The monoisotopic (exact) mass is 347 g/mol. The standard InChI is InChI=1S/C18H21NO4S/c1-14-10-12-16(13-11-14)24(21,22)19(15-8-6-5-7-9-15)17(20)23-18(2,3)4/h5-13H,1-4H3. The molecule has 0 bridgehead atoms. The molecule has 2 aromatic carbocycles. The summed E-state index contributed by atoms with van der Waals surface area (Å²) in [7, 11) is -4.08. The summed E-state index contributed by atoms with van der Waals surface area (Å²) in [6, 6.07) is 14.5. The van der Waals surface area contributed by atoms with E-state index >= 15 is 0 Å². The van der Waals surface area contributed by atoms with Gasteiger partial charge in [0.25, 0.3) is 10.0 Å². The van der Waals surface area contributed by atoms with Crippen LogP contribution < -0.4 is 4.31 Å². The maximum atomic E-state index is 13.0. The first-order valence-electron chi connectivity index (χ1n) is 7.51. The van der Waals surface area contributed by atoms with Gasteiger partial charge >= 0.3 is 6.09 Å². The predicted octanol–water partition coefficient (Wildman–Crippen LogP) is 4.13. The van der Waals surface area contributed by atoms with Gasteiger partial charge in [0.15, 0.2) is 0 Å². The first kappa shape index (κ1) is 18.0. The van der Waals surface area contributed by atoms with Crippen molar-refractivity contribution in [1.82, 2.24) is 0 Å². The second kappa shape index (κ2) is 6.65. The minimum absolute atomic E-state index is 0.0304.